The minimum atomic E-state index is 0.546. The Hall–Kier alpha value is -10.4. The number of furan rings is 1. The van der Waals surface area contributed by atoms with Gasteiger partial charge in [0.2, 0.25) is 0 Å². The standard InChI is InChI=1S/C66H40N8O/c1-5-19-41(20-6-1)61-67-62(42-21-7-2-8-22-42)70-65(69-61)45-27-17-28-46(39-45)73-53-33-15-13-29-49(53)58-55(73)36-37-56-59(58)50-30-14-16-34-54(50)74(56)47-35-38-57-52(40-47)48-31-18-32-51(60(48)75-57)66-71-63(43-23-9-3-10-24-43)68-64(72-66)44-25-11-4-12-26-44/h1-40H. The van der Waals surface area contributed by atoms with Gasteiger partial charge in [0.1, 0.15) is 11.2 Å². The summed E-state index contributed by atoms with van der Waals surface area (Å²) in [6, 6.07) is 83.5. The molecule has 10 aromatic carbocycles. The van der Waals surface area contributed by atoms with Gasteiger partial charge in [-0.3, -0.25) is 0 Å². The maximum Gasteiger partial charge on any atom is 0.167 e. The minimum Gasteiger partial charge on any atom is -0.455 e. The molecule has 9 heteroatoms. The lowest BCUT2D eigenvalue weighted by molar-refractivity contribution is 0.669. The quantitative estimate of drug-likeness (QED) is 0.149. The molecule has 0 saturated carbocycles. The molecule has 5 heterocycles. The van der Waals surface area contributed by atoms with Crippen molar-refractivity contribution in [2.75, 3.05) is 0 Å². The average Bonchev–Trinajstić information content (AvgIpc) is 4.17. The summed E-state index contributed by atoms with van der Waals surface area (Å²) in [5.41, 5.74) is 13.3. The molecule has 350 valence electrons. The molecule has 15 aromatic rings. The number of hydrogen-bond acceptors (Lipinski definition) is 7. The molecule has 15 rings (SSSR count). The average molecular weight is 961 g/mol. The predicted molar refractivity (Wildman–Crippen MR) is 302 cm³/mol. The highest BCUT2D eigenvalue weighted by Gasteiger charge is 2.23. The van der Waals surface area contributed by atoms with E-state index in [1.54, 1.807) is 0 Å². The van der Waals surface area contributed by atoms with Crippen LogP contribution in [0.2, 0.25) is 0 Å². The summed E-state index contributed by atoms with van der Waals surface area (Å²) < 4.78 is 11.6. The fourth-order valence-corrected chi connectivity index (χ4v) is 10.8. The molecular formula is C66H40N8O. The Morgan fingerprint density at radius 2 is 0.667 bits per heavy atom. The monoisotopic (exact) mass is 960 g/mol. The van der Waals surface area contributed by atoms with Crippen LogP contribution in [0.4, 0.5) is 0 Å². The Morgan fingerprint density at radius 1 is 0.267 bits per heavy atom. The molecule has 0 fully saturated rings. The van der Waals surface area contributed by atoms with Crippen molar-refractivity contribution in [3.8, 4) is 79.7 Å². The van der Waals surface area contributed by atoms with Crippen LogP contribution in [0.1, 0.15) is 0 Å². The summed E-state index contributed by atoms with van der Waals surface area (Å²) in [4.78, 5) is 30.2. The SMILES string of the molecule is c1ccc(-c2nc(-c3ccccc3)nc(-c3cccc(-n4c5ccccc5c5c6c7ccccc7n(-c7ccc8oc9c(-c%10nc(-c%11ccccc%11)nc(-c%11ccccc%11)n%10)cccc9c8c7)c6ccc54)c3)n2)cc1. The third-order valence-corrected chi connectivity index (χ3v) is 14.2. The van der Waals surface area contributed by atoms with E-state index < -0.39 is 0 Å². The summed E-state index contributed by atoms with van der Waals surface area (Å²) in [6.07, 6.45) is 0. The molecule has 0 aliphatic carbocycles. The number of fused-ring (bicyclic) bond motifs is 10. The molecule has 0 spiro atoms. The van der Waals surface area contributed by atoms with E-state index in [0.717, 1.165) is 94.1 Å². The highest BCUT2D eigenvalue weighted by molar-refractivity contribution is 6.29. The van der Waals surface area contributed by atoms with Crippen molar-refractivity contribution in [1.82, 2.24) is 39.0 Å². The van der Waals surface area contributed by atoms with Crippen LogP contribution in [-0.2, 0) is 0 Å². The van der Waals surface area contributed by atoms with E-state index >= 15 is 0 Å². The molecule has 0 radical (unpaired) electrons. The first-order valence-corrected chi connectivity index (χ1v) is 24.9. The van der Waals surface area contributed by atoms with Crippen LogP contribution >= 0.6 is 0 Å². The molecule has 75 heavy (non-hydrogen) atoms. The van der Waals surface area contributed by atoms with Gasteiger partial charge in [0.05, 0.1) is 27.6 Å². The van der Waals surface area contributed by atoms with E-state index in [-0.39, 0.29) is 0 Å². The Kier molecular flexibility index (Phi) is 9.67. The summed E-state index contributed by atoms with van der Waals surface area (Å²) in [5, 5.41) is 6.67. The lowest BCUT2D eigenvalue weighted by Crippen LogP contribution is -2.01. The Balaban J connectivity index is 0.888. The zero-order valence-corrected chi connectivity index (χ0v) is 40.1. The van der Waals surface area contributed by atoms with Gasteiger partial charge in [0.15, 0.2) is 34.9 Å². The predicted octanol–water partition coefficient (Wildman–Crippen LogP) is 16.2. The van der Waals surface area contributed by atoms with Crippen molar-refractivity contribution in [2.24, 2.45) is 0 Å². The highest BCUT2D eigenvalue weighted by Crippen LogP contribution is 2.44. The zero-order valence-electron chi connectivity index (χ0n) is 40.1. The normalized spacial score (nSPS) is 11.7. The number of benzene rings is 10. The fourth-order valence-electron chi connectivity index (χ4n) is 10.8. The lowest BCUT2D eigenvalue weighted by Gasteiger charge is -2.12. The van der Waals surface area contributed by atoms with Crippen molar-refractivity contribution in [2.45, 2.75) is 0 Å². The smallest absolute Gasteiger partial charge is 0.167 e. The first-order valence-electron chi connectivity index (χ1n) is 24.9. The number of rotatable bonds is 8. The molecule has 0 aliphatic heterocycles. The van der Waals surface area contributed by atoms with Gasteiger partial charge in [0, 0.05) is 71.5 Å². The molecule has 5 aromatic heterocycles. The van der Waals surface area contributed by atoms with Crippen molar-refractivity contribution in [3.63, 3.8) is 0 Å². The first kappa shape index (κ1) is 42.3. The molecule has 9 nitrogen and oxygen atoms in total. The Labute approximate surface area is 429 Å². The van der Waals surface area contributed by atoms with Gasteiger partial charge in [-0.2, -0.15) is 0 Å². The van der Waals surface area contributed by atoms with Crippen LogP contribution in [-0.4, -0.2) is 39.0 Å². The van der Waals surface area contributed by atoms with Crippen molar-refractivity contribution in [1.29, 1.82) is 0 Å². The van der Waals surface area contributed by atoms with Gasteiger partial charge < -0.3 is 13.6 Å². The van der Waals surface area contributed by atoms with Crippen LogP contribution in [0, 0.1) is 0 Å². The van der Waals surface area contributed by atoms with E-state index in [4.69, 9.17) is 34.3 Å². The maximum atomic E-state index is 6.79. The fraction of sp³-hybridized carbons (Fsp3) is 0. The van der Waals surface area contributed by atoms with E-state index in [9.17, 15) is 0 Å². The second kappa shape index (κ2) is 17.1. The van der Waals surface area contributed by atoms with Gasteiger partial charge in [-0.1, -0.05) is 182 Å². The summed E-state index contributed by atoms with van der Waals surface area (Å²) in [6.45, 7) is 0. The minimum absolute atomic E-state index is 0.546. The van der Waals surface area contributed by atoms with E-state index in [0.29, 0.717) is 34.9 Å². The topological polar surface area (TPSA) is 100 Å². The van der Waals surface area contributed by atoms with Gasteiger partial charge >= 0.3 is 0 Å². The van der Waals surface area contributed by atoms with Crippen molar-refractivity contribution >= 4 is 65.6 Å². The molecule has 0 saturated heterocycles. The van der Waals surface area contributed by atoms with Gasteiger partial charge in [-0.05, 0) is 60.7 Å². The Morgan fingerprint density at radius 3 is 1.17 bits per heavy atom. The Bertz CT molecular complexity index is 4590. The summed E-state index contributed by atoms with van der Waals surface area (Å²) in [7, 11) is 0. The number of para-hydroxylation sites is 3. The number of aromatic nitrogens is 8. The van der Waals surface area contributed by atoms with Crippen LogP contribution < -0.4 is 0 Å². The van der Waals surface area contributed by atoms with Crippen LogP contribution in [0.15, 0.2) is 247 Å². The van der Waals surface area contributed by atoms with Crippen molar-refractivity contribution < 1.29 is 4.42 Å². The number of nitrogens with zero attached hydrogens (tertiary/aromatic N) is 8. The molecule has 0 atom stereocenters. The third-order valence-electron chi connectivity index (χ3n) is 14.2. The van der Waals surface area contributed by atoms with Gasteiger partial charge in [0.25, 0.3) is 0 Å². The molecule has 0 bridgehead atoms. The van der Waals surface area contributed by atoms with Crippen molar-refractivity contribution in [3.05, 3.63) is 243 Å². The first-order chi connectivity index (χ1) is 37.2. The second-order valence-electron chi connectivity index (χ2n) is 18.7. The molecular weight excluding hydrogens is 921 g/mol. The molecule has 0 aliphatic rings. The van der Waals surface area contributed by atoms with Crippen LogP contribution in [0.3, 0.4) is 0 Å². The molecule has 0 amide bonds. The molecule has 0 unspecified atom stereocenters. The second-order valence-corrected chi connectivity index (χ2v) is 18.7. The summed E-state index contributed by atoms with van der Waals surface area (Å²) in [5.74, 6) is 3.60. The van der Waals surface area contributed by atoms with E-state index in [1.165, 1.54) is 16.2 Å². The van der Waals surface area contributed by atoms with Gasteiger partial charge in [-0.15, -0.1) is 0 Å². The number of hydrogen-bond donors (Lipinski definition) is 0. The van der Waals surface area contributed by atoms with Crippen LogP contribution in [0.25, 0.3) is 145 Å². The van der Waals surface area contributed by atoms with Gasteiger partial charge in [-0.25, -0.2) is 29.9 Å². The molecule has 0 N–H and O–H groups in total. The summed E-state index contributed by atoms with van der Waals surface area (Å²) >= 11 is 0. The lowest BCUT2D eigenvalue weighted by atomic mass is 10.1. The maximum absolute atomic E-state index is 6.79. The van der Waals surface area contributed by atoms with E-state index in [1.807, 2.05) is 127 Å². The third kappa shape index (κ3) is 7.01. The zero-order chi connectivity index (χ0) is 49.4. The van der Waals surface area contributed by atoms with Crippen LogP contribution in [0.5, 0.6) is 0 Å². The van der Waals surface area contributed by atoms with E-state index in [2.05, 4.69) is 124 Å². The highest BCUT2D eigenvalue weighted by atomic mass is 16.3. The largest absolute Gasteiger partial charge is 0.455 e.